The molecular formula is C31H23Cl2N3O5. The highest BCUT2D eigenvalue weighted by Gasteiger charge is 2.25. The quantitative estimate of drug-likeness (QED) is 0.0869. The first kappa shape index (κ1) is 27.8. The molecule has 4 aromatic carbocycles. The van der Waals surface area contributed by atoms with Crippen LogP contribution in [-0.4, -0.2) is 37.3 Å². The van der Waals surface area contributed by atoms with E-state index in [1.54, 1.807) is 87.0 Å². The summed E-state index contributed by atoms with van der Waals surface area (Å²) in [7, 11) is 3.09. The number of hydrazone groups is 1. The van der Waals surface area contributed by atoms with Crippen LogP contribution in [0.2, 0.25) is 10.0 Å². The van der Waals surface area contributed by atoms with Gasteiger partial charge >= 0.3 is 5.97 Å². The van der Waals surface area contributed by atoms with E-state index >= 15 is 0 Å². The number of fused-ring (bicyclic) bond motifs is 1. The van der Waals surface area contributed by atoms with Crippen LogP contribution in [0.4, 0.5) is 0 Å². The number of halogens is 2. The summed E-state index contributed by atoms with van der Waals surface area (Å²) in [5.74, 6) is 0.227. The number of hydrogen-bond acceptors (Lipinski definition) is 6. The summed E-state index contributed by atoms with van der Waals surface area (Å²) < 4.78 is 16.7. The van der Waals surface area contributed by atoms with E-state index in [9.17, 15) is 9.59 Å². The van der Waals surface area contributed by atoms with Crippen LogP contribution >= 0.6 is 23.2 Å². The zero-order valence-electron chi connectivity index (χ0n) is 21.9. The lowest BCUT2D eigenvalue weighted by atomic mass is 10.0. The minimum atomic E-state index is -0.558. The van der Waals surface area contributed by atoms with Gasteiger partial charge in [0.05, 0.1) is 36.9 Å². The Morgan fingerprint density at radius 1 is 0.829 bits per heavy atom. The highest BCUT2D eigenvalue weighted by molar-refractivity contribution is 6.34. The molecule has 0 aliphatic rings. The number of amides is 1. The molecule has 5 rings (SSSR count). The van der Waals surface area contributed by atoms with E-state index < -0.39 is 11.9 Å². The van der Waals surface area contributed by atoms with Crippen molar-refractivity contribution in [1.29, 1.82) is 0 Å². The third-order valence-electron chi connectivity index (χ3n) is 6.26. The van der Waals surface area contributed by atoms with Crippen LogP contribution in [0.3, 0.4) is 0 Å². The van der Waals surface area contributed by atoms with Gasteiger partial charge in [-0.2, -0.15) is 5.10 Å². The Bertz CT molecular complexity index is 1780. The molecule has 0 fully saturated rings. The number of benzene rings is 4. The lowest BCUT2D eigenvalue weighted by Crippen LogP contribution is -2.19. The number of rotatable bonds is 8. The van der Waals surface area contributed by atoms with E-state index in [1.807, 2.05) is 12.1 Å². The molecule has 41 heavy (non-hydrogen) atoms. The van der Waals surface area contributed by atoms with Gasteiger partial charge in [0.15, 0.2) is 0 Å². The van der Waals surface area contributed by atoms with Crippen molar-refractivity contribution in [3.05, 3.63) is 112 Å². The summed E-state index contributed by atoms with van der Waals surface area (Å²) in [6, 6.07) is 23.9. The number of ether oxygens (including phenoxy) is 3. The number of esters is 1. The highest BCUT2D eigenvalue weighted by Crippen LogP contribution is 2.44. The summed E-state index contributed by atoms with van der Waals surface area (Å²) in [5, 5.41) is 5.73. The molecule has 0 aliphatic carbocycles. The Labute approximate surface area is 245 Å². The number of carbonyl (C=O) groups is 2. The molecule has 0 unspecified atom stereocenters. The molecule has 0 bridgehead atoms. The Kier molecular flexibility index (Phi) is 8.24. The fourth-order valence-corrected chi connectivity index (χ4v) is 4.69. The van der Waals surface area contributed by atoms with Gasteiger partial charge in [-0.25, -0.2) is 10.2 Å². The summed E-state index contributed by atoms with van der Waals surface area (Å²) in [4.78, 5) is 29.3. The third-order valence-corrected chi connectivity index (χ3v) is 6.84. The molecule has 8 nitrogen and oxygen atoms in total. The Hall–Kier alpha value is -4.79. The topological polar surface area (TPSA) is 102 Å². The van der Waals surface area contributed by atoms with Gasteiger partial charge in [-0.15, -0.1) is 0 Å². The Balaban J connectivity index is 1.47. The molecule has 5 aromatic rings. The molecular weight excluding hydrogens is 565 g/mol. The molecule has 2 N–H and O–H groups in total. The molecule has 0 atom stereocenters. The molecule has 0 spiro atoms. The molecule has 0 radical (unpaired) electrons. The average Bonchev–Trinajstić information content (AvgIpc) is 3.39. The number of nitrogens with zero attached hydrogens (tertiary/aromatic N) is 1. The largest absolute Gasteiger partial charge is 0.496 e. The average molecular weight is 588 g/mol. The SMILES string of the molecule is COc1ccc(OC)c2c(-c3ccccc3Cl)c(C(=O)NN=Cc3ccccc3OC(=O)c3ccc(Cl)cc3)[nH]c12. The van der Waals surface area contributed by atoms with Crippen molar-refractivity contribution in [1.82, 2.24) is 10.4 Å². The van der Waals surface area contributed by atoms with Crippen molar-refractivity contribution >= 4 is 52.2 Å². The minimum Gasteiger partial charge on any atom is -0.496 e. The highest BCUT2D eigenvalue weighted by atomic mass is 35.5. The van der Waals surface area contributed by atoms with Gasteiger partial charge in [-0.3, -0.25) is 4.79 Å². The maximum absolute atomic E-state index is 13.5. The molecule has 0 saturated heterocycles. The maximum Gasteiger partial charge on any atom is 0.343 e. The lowest BCUT2D eigenvalue weighted by Gasteiger charge is -2.10. The molecule has 0 aliphatic heterocycles. The summed E-state index contributed by atoms with van der Waals surface area (Å²) >= 11 is 12.5. The second-order valence-corrected chi connectivity index (χ2v) is 9.55. The van der Waals surface area contributed by atoms with Gasteiger partial charge in [0, 0.05) is 26.7 Å². The molecule has 0 saturated carbocycles. The van der Waals surface area contributed by atoms with E-state index in [-0.39, 0.29) is 11.4 Å². The van der Waals surface area contributed by atoms with Crippen molar-refractivity contribution in [2.75, 3.05) is 14.2 Å². The van der Waals surface area contributed by atoms with Crippen LogP contribution < -0.4 is 19.6 Å². The maximum atomic E-state index is 13.5. The minimum absolute atomic E-state index is 0.204. The number of carbonyl (C=O) groups excluding carboxylic acids is 2. The van der Waals surface area contributed by atoms with Crippen molar-refractivity contribution in [2.24, 2.45) is 5.10 Å². The van der Waals surface area contributed by atoms with Crippen molar-refractivity contribution in [3.8, 4) is 28.4 Å². The second kappa shape index (κ2) is 12.2. The first-order valence-electron chi connectivity index (χ1n) is 12.3. The van der Waals surface area contributed by atoms with E-state index in [1.165, 1.54) is 6.21 Å². The van der Waals surface area contributed by atoms with Crippen molar-refractivity contribution in [3.63, 3.8) is 0 Å². The van der Waals surface area contributed by atoms with Gasteiger partial charge in [0.2, 0.25) is 0 Å². The number of hydrogen-bond donors (Lipinski definition) is 2. The predicted octanol–water partition coefficient (Wildman–Crippen LogP) is 7.14. The predicted molar refractivity (Wildman–Crippen MR) is 160 cm³/mol. The lowest BCUT2D eigenvalue weighted by molar-refractivity contribution is 0.0734. The first-order chi connectivity index (χ1) is 19.9. The fraction of sp³-hybridized carbons (Fsp3) is 0.0645. The zero-order valence-corrected chi connectivity index (χ0v) is 23.4. The molecule has 1 amide bonds. The van der Waals surface area contributed by atoms with E-state index in [0.29, 0.717) is 54.7 Å². The number of aromatic nitrogens is 1. The summed E-state index contributed by atoms with van der Waals surface area (Å²) in [6.45, 7) is 0. The van der Waals surface area contributed by atoms with Gasteiger partial charge in [0.1, 0.15) is 22.9 Å². The van der Waals surface area contributed by atoms with E-state index in [0.717, 1.165) is 0 Å². The number of methoxy groups -OCH3 is 2. The monoisotopic (exact) mass is 587 g/mol. The normalized spacial score (nSPS) is 11.0. The van der Waals surface area contributed by atoms with Gasteiger partial charge in [-0.05, 0) is 54.6 Å². The van der Waals surface area contributed by atoms with E-state index in [4.69, 9.17) is 37.4 Å². The molecule has 10 heteroatoms. The van der Waals surface area contributed by atoms with Gasteiger partial charge in [-0.1, -0.05) is 53.5 Å². The number of nitrogens with one attached hydrogen (secondary N) is 2. The summed E-state index contributed by atoms with van der Waals surface area (Å²) in [5.41, 5.74) is 5.29. The fourth-order valence-electron chi connectivity index (χ4n) is 4.33. The zero-order chi connectivity index (χ0) is 28.9. The second-order valence-electron chi connectivity index (χ2n) is 8.71. The van der Waals surface area contributed by atoms with Crippen LogP contribution in [0.25, 0.3) is 22.0 Å². The smallest absolute Gasteiger partial charge is 0.343 e. The van der Waals surface area contributed by atoms with Crippen molar-refractivity contribution in [2.45, 2.75) is 0 Å². The van der Waals surface area contributed by atoms with Crippen LogP contribution in [0, 0.1) is 0 Å². The van der Waals surface area contributed by atoms with Crippen LogP contribution in [0.5, 0.6) is 17.2 Å². The Morgan fingerprint density at radius 3 is 2.24 bits per heavy atom. The van der Waals surface area contributed by atoms with E-state index in [2.05, 4.69) is 15.5 Å². The molecule has 1 heterocycles. The molecule has 1 aromatic heterocycles. The Morgan fingerprint density at radius 2 is 1.51 bits per heavy atom. The molecule has 206 valence electrons. The van der Waals surface area contributed by atoms with Crippen LogP contribution in [-0.2, 0) is 0 Å². The standard InChI is InChI=1S/C31H23Cl2N3O5/c1-39-24-15-16-25(40-2)28-27(24)26(21-8-4-5-9-22(21)33)29(35-28)30(37)36-34-17-19-7-3-6-10-23(19)41-31(38)18-11-13-20(32)14-12-18/h3-17,35H,1-2H3,(H,36,37). The summed E-state index contributed by atoms with van der Waals surface area (Å²) in [6.07, 6.45) is 1.39. The number of para-hydroxylation sites is 1. The van der Waals surface area contributed by atoms with Crippen molar-refractivity contribution < 1.29 is 23.8 Å². The first-order valence-corrected chi connectivity index (χ1v) is 13.1. The number of H-pyrrole nitrogens is 1. The van der Waals surface area contributed by atoms with Gasteiger partial charge in [0.25, 0.3) is 5.91 Å². The third kappa shape index (κ3) is 5.75. The van der Waals surface area contributed by atoms with Gasteiger partial charge < -0.3 is 19.2 Å². The van der Waals surface area contributed by atoms with Crippen LogP contribution in [0.1, 0.15) is 26.4 Å². The number of aromatic amines is 1. The van der Waals surface area contributed by atoms with Crippen LogP contribution in [0.15, 0.2) is 90.0 Å².